The van der Waals surface area contributed by atoms with Gasteiger partial charge in [-0.15, -0.1) is 0 Å². The lowest BCUT2D eigenvalue weighted by Crippen LogP contribution is -2.01. The third-order valence-electron chi connectivity index (χ3n) is 2.37. The first kappa shape index (κ1) is 9.12. The molecule has 4 nitrogen and oxygen atoms in total. The zero-order valence-electron chi connectivity index (χ0n) is 7.82. The zero-order valence-corrected chi connectivity index (χ0v) is 7.82. The SMILES string of the molecule is O=C(O)c1ccc(NCCC2CC2)o1. The molecule has 0 radical (unpaired) electrons. The van der Waals surface area contributed by atoms with Crippen molar-refractivity contribution < 1.29 is 14.3 Å². The van der Waals surface area contributed by atoms with E-state index in [0.29, 0.717) is 5.88 Å². The van der Waals surface area contributed by atoms with Crippen LogP contribution in [-0.4, -0.2) is 17.6 Å². The Labute approximate surface area is 81.9 Å². The number of carboxylic acids is 1. The average Bonchev–Trinajstić information content (AvgIpc) is 2.82. The molecule has 0 aromatic carbocycles. The highest BCUT2D eigenvalue weighted by atomic mass is 16.4. The van der Waals surface area contributed by atoms with Gasteiger partial charge in [-0.25, -0.2) is 4.79 Å². The summed E-state index contributed by atoms with van der Waals surface area (Å²) in [6, 6.07) is 3.11. The van der Waals surface area contributed by atoms with Crippen LogP contribution in [0.2, 0.25) is 0 Å². The van der Waals surface area contributed by atoms with E-state index in [0.717, 1.165) is 18.9 Å². The molecular formula is C10H13NO3. The van der Waals surface area contributed by atoms with Gasteiger partial charge in [0, 0.05) is 12.6 Å². The predicted molar refractivity (Wildman–Crippen MR) is 51.5 cm³/mol. The molecule has 1 aliphatic carbocycles. The van der Waals surface area contributed by atoms with Gasteiger partial charge < -0.3 is 14.8 Å². The highest BCUT2D eigenvalue weighted by Gasteiger charge is 2.20. The molecule has 1 saturated carbocycles. The van der Waals surface area contributed by atoms with Crippen molar-refractivity contribution in [2.75, 3.05) is 11.9 Å². The summed E-state index contributed by atoms with van der Waals surface area (Å²) in [4.78, 5) is 10.5. The molecular weight excluding hydrogens is 182 g/mol. The normalized spacial score (nSPS) is 15.4. The number of anilines is 1. The lowest BCUT2D eigenvalue weighted by Gasteiger charge is -2.00. The fourth-order valence-corrected chi connectivity index (χ4v) is 1.35. The van der Waals surface area contributed by atoms with Crippen LogP contribution in [0, 0.1) is 5.92 Å². The van der Waals surface area contributed by atoms with E-state index in [9.17, 15) is 4.79 Å². The summed E-state index contributed by atoms with van der Waals surface area (Å²) in [6.45, 7) is 0.858. The van der Waals surface area contributed by atoms with Gasteiger partial charge >= 0.3 is 5.97 Å². The van der Waals surface area contributed by atoms with Crippen LogP contribution in [-0.2, 0) is 0 Å². The molecule has 4 heteroatoms. The maximum atomic E-state index is 10.5. The Hall–Kier alpha value is -1.45. The van der Waals surface area contributed by atoms with Crippen molar-refractivity contribution in [1.29, 1.82) is 0 Å². The standard InChI is InChI=1S/C10H13NO3/c12-10(13)8-3-4-9(14-8)11-6-5-7-1-2-7/h3-4,7,11H,1-2,5-6H2,(H,12,13). The first-order valence-electron chi connectivity index (χ1n) is 4.82. The number of carboxylic acid groups (broad SMARTS) is 1. The monoisotopic (exact) mass is 195 g/mol. The summed E-state index contributed by atoms with van der Waals surface area (Å²) in [6.07, 6.45) is 3.81. The van der Waals surface area contributed by atoms with Crippen molar-refractivity contribution in [3.8, 4) is 0 Å². The second kappa shape index (κ2) is 3.74. The summed E-state index contributed by atoms with van der Waals surface area (Å²) in [7, 11) is 0. The van der Waals surface area contributed by atoms with Crippen LogP contribution in [0.1, 0.15) is 29.8 Å². The lowest BCUT2D eigenvalue weighted by molar-refractivity contribution is 0.0663. The molecule has 0 aliphatic heterocycles. The van der Waals surface area contributed by atoms with Gasteiger partial charge in [0.2, 0.25) is 5.76 Å². The van der Waals surface area contributed by atoms with Crippen molar-refractivity contribution in [1.82, 2.24) is 0 Å². The number of aromatic carboxylic acids is 1. The Morgan fingerprint density at radius 1 is 1.57 bits per heavy atom. The van der Waals surface area contributed by atoms with E-state index < -0.39 is 5.97 Å². The predicted octanol–water partition coefficient (Wildman–Crippen LogP) is 2.19. The molecule has 2 rings (SSSR count). The molecule has 0 atom stereocenters. The number of rotatable bonds is 5. The van der Waals surface area contributed by atoms with Gasteiger partial charge in [-0.2, -0.15) is 0 Å². The molecule has 0 unspecified atom stereocenters. The minimum absolute atomic E-state index is 0.0149. The van der Waals surface area contributed by atoms with Crippen molar-refractivity contribution in [3.63, 3.8) is 0 Å². The Morgan fingerprint density at radius 3 is 2.93 bits per heavy atom. The van der Waals surface area contributed by atoms with Crippen molar-refractivity contribution in [2.45, 2.75) is 19.3 Å². The average molecular weight is 195 g/mol. The van der Waals surface area contributed by atoms with E-state index in [4.69, 9.17) is 9.52 Å². The van der Waals surface area contributed by atoms with Gasteiger partial charge in [0.15, 0.2) is 5.88 Å². The van der Waals surface area contributed by atoms with Crippen LogP contribution in [0.5, 0.6) is 0 Å². The molecule has 1 aliphatic rings. The zero-order chi connectivity index (χ0) is 9.97. The molecule has 2 N–H and O–H groups in total. The highest BCUT2D eigenvalue weighted by Crippen LogP contribution is 2.32. The Bertz CT molecular complexity index is 328. The fourth-order valence-electron chi connectivity index (χ4n) is 1.35. The molecule has 1 heterocycles. The summed E-state index contributed by atoms with van der Waals surface area (Å²) in [5, 5.41) is 11.7. The summed E-state index contributed by atoms with van der Waals surface area (Å²) in [5.41, 5.74) is 0. The first-order valence-corrected chi connectivity index (χ1v) is 4.82. The van der Waals surface area contributed by atoms with E-state index in [2.05, 4.69) is 5.32 Å². The third-order valence-corrected chi connectivity index (χ3v) is 2.37. The van der Waals surface area contributed by atoms with Crippen molar-refractivity contribution in [2.24, 2.45) is 5.92 Å². The quantitative estimate of drug-likeness (QED) is 0.756. The van der Waals surface area contributed by atoms with Gasteiger partial charge in [-0.05, 0) is 18.4 Å². The fraction of sp³-hybridized carbons (Fsp3) is 0.500. The Balaban J connectivity index is 1.79. The second-order valence-electron chi connectivity index (χ2n) is 3.63. The van der Waals surface area contributed by atoms with E-state index in [1.807, 2.05) is 0 Å². The number of furan rings is 1. The summed E-state index contributed by atoms with van der Waals surface area (Å²) < 4.78 is 5.04. The van der Waals surface area contributed by atoms with Crippen molar-refractivity contribution >= 4 is 11.9 Å². The third kappa shape index (κ3) is 2.28. The number of hydrogen-bond acceptors (Lipinski definition) is 3. The van der Waals surface area contributed by atoms with Gasteiger partial charge in [-0.3, -0.25) is 0 Å². The molecule has 0 bridgehead atoms. The molecule has 1 aromatic heterocycles. The van der Waals surface area contributed by atoms with Gasteiger partial charge in [-0.1, -0.05) is 12.8 Å². The summed E-state index contributed by atoms with van der Waals surface area (Å²) >= 11 is 0. The molecule has 0 spiro atoms. The molecule has 0 amide bonds. The largest absolute Gasteiger partial charge is 0.475 e. The molecule has 76 valence electrons. The number of nitrogens with one attached hydrogen (secondary N) is 1. The smallest absolute Gasteiger partial charge is 0.371 e. The first-order chi connectivity index (χ1) is 6.75. The molecule has 0 saturated heterocycles. The Kier molecular flexibility index (Phi) is 2.43. The van der Waals surface area contributed by atoms with E-state index in [1.54, 1.807) is 6.07 Å². The molecule has 1 aromatic rings. The van der Waals surface area contributed by atoms with Crippen LogP contribution in [0.4, 0.5) is 5.88 Å². The number of hydrogen-bond donors (Lipinski definition) is 2. The minimum atomic E-state index is -1.03. The Morgan fingerprint density at radius 2 is 2.36 bits per heavy atom. The maximum Gasteiger partial charge on any atom is 0.371 e. The highest BCUT2D eigenvalue weighted by molar-refractivity contribution is 5.84. The van der Waals surface area contributed by atoms with Crippen LogP contribution >= 0.6 is 0 Å². The van der Waals surface area contributed by atoms with Gasteiger partial charge in [0.05, 0.1) is 0 Å². The van der Waals surface area contributed by atoms with Crippen molar-refractivity contribution in [3.05, 3.63) is 17.9 Å². The van der Waals surface area contributed by atoms with Gasteiger partial charge in [0.1, 0.15) is 0 Å². The molecule has 1 fully saturated rings. The van der Waals surface area contributed by atoms with E-state index in [-0.39, 0.29) is 5.76 Å². The van der Waals surface area contributed by atoms with E-state index in [1.165, 1.54) is 18.9 Å². The lowest BCUT2D eigenvalue weighted by atomic mass is 10.3. The molecule has 14 heavy (non-hydrogen) atoms. The maximum absolute atomic E-state index is 10.5. The van der Waals surface area contributed by atoms with Crippen LogP contribution < -0.4 is 5.32 Å². The van der Waals surface area contributed by atoms with Crippen LogP contribution in [0.25, 0.3) is 0 Å². The summed E-state index contributed by atoms with van der Waals surface area (Å²) in [5.74, 6) is 0.374. The second-order valence-corrected chi connectivity index (χ2v) is 3.63. The van der Waals surface area contributed by atoms with Gasteiger partial charge in [0.25, 0.3) is 0 Å². The van der Waals surface area contributed by atoms with Crippen LogP contribution in [0.3, 0.4) is 0 Å². The number of carbonyl (C=O) groups is 1. The van der Waals surface area contributed by atoms with Crippen LogP contribution in [0.15, 0.2) is 16.5 Å². The minimum Gasteiger partial charge on any atom is -0.475 e. The topological polar surface area (TPSA) is 62.5 Å². The van der Waals surface area contributed by atoms with E-state index >= 15 is 0 Å².